The lowest BCUT2D eigenvalue weighted by molar-refractivity contribution is 0.125. The van der Waals surface area contributed by atoms with Crippen molar-refractivity contribution in [1.82, 2.24) is 15.3 Å². The van der Waals surface area contributed by atoms with Crippen molar-refractivity contribution in [3.05, 3.63) is 16.7 Å². The number of aromatic nitrogens is 2. The fourth-order valence-electron chi connectivity index (χ4n) is 1.80. The third-order valence-corrected chi connectivity index (χ3v) is 3.42. The molecule has 0 saturated carbocycles. The van der Waals surface area contributed by atoms with Gasteiger partial charge < -0.3 is 15.0 Å². The van der Waals surface area contributed by atoms with Crippen molar-refractivity contribution in [2.45, 2.75) is 53.0 Å². The highest BCUT2D eigenvalue weighted by atomic mass is 35.5. The molecule has 0 aliphatic rings. The minimum Gasteiger partial charge on any atom is -0.380 e. The van der Waals surface area contributed by atoms with Gasteiger partial charge in [0.2, 0.25) is 0 Å². The zero-order chi connectivity index (χ0) is 14.8. The first-order valence-electron chi connectivity index (χ1n) is 7.65. The number of aromatic amines is 1. The molecule has 0 atom stereocenters. The minimum absolute atomic E-state index is 0.587. The maximum Gasteiger partial charge on any atom is 0.151 e. The third-order valence-electron chi connectivity index (χ3n) is 3.11. The monoisotopic (exact) mass is 301 g/mol. The summed E-state index contributed by atoms with van der Waals surface area (Å²) in [6, 6.07) is 0. The van der Waals surface area contributed by atoms with Crippen molar-refractivity contribution in [2.24, 2.45) is 5.92 Å². The van der Waals surface area contributed by atoms with Crippen LogP contribution in [-0.2, 0) is 17.7 Å². The van der Waals surface area contributed by atoms with Crippen molar-refractivity contribution in [3.63, 3.8) is 0 Å². The molecule has 20 heavy (non-hydrogen) atoms. The second-order valence-electron chi connectivity index (χ2n) is 5.53. The van der Waals surface area contributed by atoms with Crippen molar-refractivity contribution in [1.29, 1.82) is 0 Å². The van der Waals surface area contributed by atoms with Gasteiger partial charge in [-0.3, -0.25) is 0 Å². The lowest BCUT2D eigenvalue weighted by Crippen LogP contribution is -2.20. The standard InChI is InChI=1S/C15H28ClN3O/c1-4-5-6-14-18-13(15(16)19-14)11-17-8-10-20-9-7-12(2)3/h12,17H,4-11H2,1-3H3,(H,18,19). The van der Waals surface area contributed by atoms with Gasteiger partial charge in [0.15, 0.2) is 5.15 Å². The van der Waals surface area contributed by atoms with E-state index in [4.69, 9.17) is 16.3 Å². The Bertz CT molecular complexity index is 366. The van der Waals surface area contributed by atoms with Crippen LogP contribution in [0, 0.1) is 5.92 Å². The van der Waals surface area contributed by atoms with Crippen LogP contribution in [0.2, 0.25) is 5.15 Å². The molecule has 1 heterocycles. The lowest BCUT2D eigenvalue weighted by atomic mass is 10.1. The Morgan fingerprint density at radius 2 is 2.15 bits per heavy atom. The predicted molar refractivity (Wildman–Crippen MR) is 84.2 cm³/mol. The second kappa shape index (κ2) is 10.2. The summed E-state index contributed by atoms with van der Waals surface area (Å²) in [6.45, 7) is 9.71. The highest BCUT2D eigenvalue weighted by molar-refractivity contribution is 6.30. The Kier molecular flexibility index (Phi) is 8.90. The number of hydrogen-bond donors (Lipinski definition) is 2. The van der Waals surface area contributed by atoms with E-state index in [-0.39, 0.29) is 0 Å². The van der Waals surface area contributed by atoms with Gasteiger partial charge in [-0.2, -0.15) is 0 Å². The van der Waals surface area contributed by atoms with Gasteiger partial charge in [-0.05, 0) is 18.8 Å². The largest absolute Gasteiger partial charge is 0.380 e. The molecule has 1 rings (SSSR count). The first-order valence-corrected chi connectivity index (χ1v) is 8.03. The van der Waals surface area contributed by atoms with Gasteiger partial charge in [-0.1, -0.05) is 38.8 Å². The van der Waals surface area contributed by atoms with Gasteiger partial charge >= 0.3 is 0 Å². The van der Waals surface area contributed by atoms with Crippen LogP contribution in [-0.4, -0.2) is 29.7 Å². The molecule has 4 nitrogen and oxygen atoms in total. The maximum absolute atomic E-state index is 6.11. The number of halogens is 1. The van der Waals surface area contributed by atoms with Gasteiger partial charge in [-0.25, -0.2) is 4.98 Å². The molecule has 0 spiro atoms. The maximum atomic E-state index is 6.11. The minimum atomic E-state index is 0.587. The SMILES string of the molecule is CCCCc1nc(Cl)c(CNCCOCCC(C)C)[nH]1. The molecule has 0 radical (unpaired) electrons. The van der Waals surface area contributed by atoms with E-state index in [1.54, 1.807) is 0 Å². The van der Waals surface area contributed by atoms with E-state index in [1.807, 2.05) is 0 Å². The first-order chi connectivity index (χ1) is 9.63. The van der Waals surface area contributed by atoms with E-state index in [0.29, 0.717) is 17.6 Å². The normalized spacial score (nSPS) is 11.4. The number of imidazole rings is 1. The molecule has 5 heteroatoms. The summed E-state index contributed by atoms with van der Waals surface area (Å²) in [5.74, 6) is 1.69. The average Bonchev–Trinajstić information content (AvgIpc) is 2.75. The quantitative estimate of drug-likeness (QED) is 0.614. The molecule has 1 aromatic rings. The van der Waals surface area contributed by atoms with Gasteiger partial charge in [0.05, 0.1) is 12.3 Å². The molecule has 0 amide bonds. The molecular weight excluding hydrogens is 274 g/mol. The Morgan fingerprint density at radius 3 is 2.85 bits per heavy atom. The Hall–Kier alpha value is -0.580. The fraction of sp³-hybridized carbons (Fsp3) is 0.800. The lowest BCUT2D eigenvalue weighted by Gasteiger charge is -2.07. The molecule has 0 unspecified atom stereocenters. The molecule has 0 bridgehead atoms. The van der Waals surface area contributed by atoms with E-state index in [9.17, 15) is 0 Å². The topological polar surface area (TPSA) is 49.9 Å². The summed E-state index contributed by atoms with van der Waals surface area (Å²) in [5.41, 5.74) is 0.972. The third kappa shape index (κ3) is 7.27. The molecular formula is C15H28ClN3O. The summed E-state index contributed by atoms with van der Waals surface area (Å²) >= 11 is 6.11. The summed E-state index contributed by atoms with van der Waals surface area (Å²) in [7, 11) is 0. The van der Waals surface area contributed by atoms with Crippen LogP contribution in [0.15, 0.2) is 0 Å². The second-order valence-corrected chi connectivity index (χ2v) is 5.89. The van der Waals surface area contributed by atoms with Crippen LogP contribution in [0.3, 0.4) is 0 Å². The number of nitrogens with one attached hydrogen (secondary N) is 2. The van der Waals surface area contributed by atoms with Crippen molar-refractivity contribution < 1.29 is 4.74 Å². The highest BCUT2D eigenvalue weighted by Crippen LogP contribution is 2.13. The zero-order valence-electron chi connectivity index (χ0n) is 13.0. The number of ether oxygens (including phenoxy) is 1. The molecule has 0 aliphatic carbocycles. The molecule has 0 saturated heterocycles. The number of aryl methyl sites for hydroxylation is 1. The molecule has 0 aromatic carbocycles. The summed E-state index contributed by atoms with van der Waals surface area (Å²) in [4.78, 5) is 7.62. The number of hydrogen-bond acceptors (Lipinski definition) is 3. The average molecular weight is 302 g/mol. The Labute approximate surface area is 127 Å². The predicted octanol–water partition coefficient (Wildman–Crippen LogP) is 3.56. The van der Waals surface area contributed by atoms with E-state index >= 15 is 0 Å². The summed E-state index contributed by atoms with van der Waals surface area (Å²) in [6.07, 6.45) is 4.39. The van der Waals surface area contributed by atoms with Gasteiger partial charge in [0.1, 0.15) is 5.82 Å². The molecule has 0 aliphatic heterocycles. The summed E-state index contributed by atoms with van der Waals surface area (Å²) < 4.78 is 5.55. The van der Waals surface area contributed by atoms with Gasteiger partial charge in [0.25, 0.3) is 0 Å². The summed E-state index contributed by atoms with van der Waals surface area (Å²) in [5, 5.41) is 3.91. The Balaban J connectivity index is 2.13. The fourth-order valence-corrected chi connectivity index (χ4v) is 2.01. The molecule has 0 fully saturated rings. The van der Waals surface area contributed by atoms with Crippen molar-refractivity contribution in [3.8, 4) is 0 Å². The van der Waals surface area contributed by atoms with Crippen LogP contribution in [0.25, 0.3) is 0 Å². The number of unbranched alkanes of at least 4 members (excludes halogenated alkanes) is 1. The number of nitrogens with zero attached hydrogens (tertiary/aromatic N) is 1. The van der Waals surface area contributed by atoms with Crippen LogP contribution in [0.4, 0.5) is 0 Å². The highest BCUT2D eigenvalue weighted by Gasteiger charge is 2.07. The van der Waals surface area contributed by atoms with E-state index in [2.05, 4.69) is 36.1 Å². The van der Waals surface area contributed by atoms with Crippen LogP contribution < -0.4 is 5.32 Å². The van der Waals surface area contributed by atoms with Crippen molar-refractivity contribution in [2.75, 3.05) is 19.8 Å². The van der Waals surface area contributed by atoms with E-state index in [1.165, 1.54) is 6.42 Å². The number of H-pyrrole nitrogens is 1. The zero-order valence-corrected chi connectivity index (χ0v) is 13.7. The first kappa shape index (κ1) is 17.5. The molecule has 1 aromatic heterocycles. The molecule has 2 N–H and O–H groups in total. The van der Waals surface area contributed by atoms with Gasteiger partial charge in [0, 0.05) is 26.1 Å². The van der Waals surface area contributed by atoms with Gasteiger partial charge in [-0.15, -0.1) is 0 Å². The van der Waals surface area contributed by atoms with Crippen LogP contribution in [0.5, 0.6) is 0 Å². The van der Waals surface area contributed by atoms with E-state index < -0.39 is 0 Å². The number of rotatable bonds is 11. The van der Waals surface area contributed by atoms with Crippen LogP contribution >= 0.6 is 11.6 Å². The van der Waals surface area contributed by atoms with Crippen molar-refractivity contribution >= 4 is 11.6 Å². The van der Waals surface area contributed by atoms with Crippen LogP contribution in [0.1, 0.15) is 51.6 Å². The van der Waals surface area contributed by atoms with E-state index in [0.717, 1.165) is 50.5 Å². The smallest absolute Gasteiger partial charge is 0.151 e. The molecule has 116 valence electrons. The Morgan fingerprint density at radius 1 is 1.35 bits per heavy atom.